The molecule has 1 aliphatic heterocycles. The van der Waals surface area contributed by atoms with Crippen LogP contribution in [0.1, 0.15) is 38.7 Å². The van der Waals surface area contributed by atoms with Crippen LogP contribution < -0.4 is 4.90 Å². The minimum atomic E-state index is 0.806. The highest BCUT2D eigenvalue weighted by molar-refractivity contribution is 9.08. The van der Waals surface area contributed by atoms with Gasteiger partial charge in [-0.15, -0.1) is 0 Å². The van der Waals surface area contributed by atoms with Gasteiger partial charge in [0.05, 0.1) is 0 Å². The molecule has 0 radical (unpaired) electrons. The second kappa shape index (κ2) is 6.99. The van der Waals surface area contributed by atoms with Crippen LogP contribution >= 0.6 is 27.5 Å². The molecule has 1 nitrogen and oxygen atoms in total. The lowest BCUT2D eigenvalue weighted by Crippen LogP contribution is -2.25. The van der Waals surface area contributed by atoms with Crippen LogP contribution in [-0.4, -0.2) is 13.1 Å². The zero-order chi connectivity index (χ0) is 13.8. The number of hydrogen-bond acceptors (Lipinski definition) is 1. The van der Waals surface area contributed by atoms with Crippen LogP contribution in [0, 0.1) is 11.8 Å². The largest absolute Gasteiger partial charge is 0.371 e. The minimum absolute atomic E-state index is 0.806. The van der Waals surface area contributed by atoms with E-state index < -0.39 is 0 Å². The van der Waals surface area contributed by atoms with Gasteiger partial charge in [-0.05, 0) is 54.9 Å². The molecule has 19 heavy (non-hydrogen) atoms. The van der Waals surface area contributed by atoms with Crippen LogP contribution in [0.25, 0.3) is 0 Å². The van der Waals surface area contributed by atoms with Crippen molar-refractivity contribution in [3.05, 3.63) is 28.8 Å². The first-order valence-corrected chi connectivity index (χ1v) is 8.71. The molecule has 0 amide bonds. The molecular weight excluding hydrogens is 322 g/mol. The molecule has 2 rings (SSSR count). The molecule has 1 atom stereocenters. The van der Waals surface area contributed by atoms with Crippen LogP contribution in [0.2, 0.25) is 5.02 Å². The highest BCUT2D eigenvalue weighted by Gasteiger charge is 2.20. The fourth-order valence-corrected chi connectivity index (χ4v) is 3.64. The number of rotatable bonds is 3. The Kier molecular flexibility index (Phi) is 5.58. The van der Waals surface area contributed by atoms with Crippen LogP contribution in [0.5, 0.6) is 0 Å². The first-order valence-electron chi connectivity index (χ1n) is 7.21. The van der Waals surface area contributed by atoms with Crippen molar-refractivity contribution in [2.45, 2.75) is 38.4 Å². The molecule has 0 bridgehead atoms. The van der Waals surface area contributed by atoms with Crippen molar-refractivity contribution in [3.8, 4) is 0 Å². The van der Waals surface area contributed by atoms with Crippen molar-refractivity contribution in [1.82, 2.24) is 0 Å². The molecule has 0 saturated carbocycles. The van der Waals surface area contributed by atoms with Crippen LogP contribution in [0.3, 0.4) is 0 Å². The van der Waals surface area contributed by atoms with E-state index in [-0.39, 0.29) is 0 Å². The summed E-state index contributed by atoms with van der Waals surface area (Å²) in [5.74, 6) is 1.69. The zero-order valence-electron chi connectivity index (χ0n) is 11.8. The molecule has 1 unspecified atom stereocenters. The summed E-state index contributed by atoms with van der Waals surface area (Å²) in [5.41, 5.74) is 2.65. The average Bonchev–Trinajstić information content (AvgIpc) is 2.64. The fourth-order valence-electron chi connectivity index (χ4n) is 3.00. The second-order valence-electron chi connectivity index (χ2n) is 5.83. The summed E-state index contributed by atoms with van der Waals surface area (Å²) in [6.45, 7) is 7.05. The fraction of sp³-hybridized carbons (Fsp3) is 0.625. The molecule has 106 valence electrons. The number of hydrogen-bond donors (Lipinski definition) is 0. The number of halogens is 2. The summed E-state index contributed by atoms with van der Waals surface area (Å²) in [6.07, 6.45) is 3.97. The third kappa shape index (κ3) is 3.88. The lowest BCUT2D eigenvalue weighted by molar-refractivity contribution is 0.351. The second-order valence-corrected chi connectivity index (χ2v) is 6.83. The van der Waals surface area contributed by atoms with Gasteiger partial charge >= 0.3 is 0 Å². The van der Waals surface area contributed by atoms with Crippen LogP contribution in [0.4, 0.5) is 5.69 Å². The maximum Gasteiger partial charge on any atom is 0.0410 e. The monoisotopic (exact) mass is 343 g/mol. The molecule has 3 heteroatoms. The standard InChI is InChI=1S/C16H23BrClN/c1-12(2)13-4-3-8-19(9-7-13)16-6-5-15(18)10-14(16)11-17/h5-6,10,12-13H,3-4,7-9,11H2,1-2H3. The van der Waals surface area contributed by atoms with Crippen molar-refractivity contribution in [2.24, 2.45) is 11.8 Å². The lowest BCUT2D eigenvalue weighted by atomic mass is 9.89. The first-order chi connectivity index (χ1) is 9.11. The first kappa shape index (κ1) is 15.2. The number of benzene rings is 1. The molecule has 1 aromatic carbocycles. The molecule has 1 heterocycles. The van der Waals surface area contributed by atoms with Gasteiger partial charge in [-0.3, -0.25) is 0 Å². The Hall–Kier alpha value is -0.210. The Bertz CT molecular complexity index is 419. The maximum atomic E-state index is 6.09. The molecule has 0 aliphatic carbocycles. The summed E-state index contributed by atoms with van der Waals surface area (Å²) in [7, 11) is 0. The van der Waals surface area contributed by atoms with E-state index in [1.807, 2.05) is 6.07 Å². The topological polar surface area (TPSA) is 3.24 Å². The maximum absolute atomic E-state index is 6.09. The van der Waals surface area contributed by atoms with E-state index in [2.05, 4.69) is 46.8 Å². The van der Waals surface area contributed by atoms with Gasteiger partial charge in [0.2, 0.25) is 0 Å². The van der Waals surface area contributed by atoms with Crippen molar-refractivity contribution in [1.29, 1.82) is 0 Å². The third-order valence-electron chi connectivity index (χ3n) is 4.24. The van der Waals surface area contributed by atoms with Gasteiger partial charge in [-0.25, -0.2) is 0 Å². The predicted molar refractivity (Wildman–Crippen MR) is 88.5 cm³/mol. The molecule has 0 aromatic heterocycles. The zero-order valence-corrected chi connectivity index (χ0v) is 14.2. The van der Waals surface area contributed by atoms with E-state index in [0.717, 1.165) is 22.2 Å². The minimum Gasteiger partial charge on any atom is -0.371 e. The molecule has 0 spiro atoms. The van der Waals surface area contributed by atoms with E-state index in [4.69, 9.17) is 11.6 Å². The van der Waals surface area contributed by atoms with E-state index in [9.17, 15) is 0 Å². The summed E-state index contributed by atoms with van der Waals surface area (Å²) in [5, 5.41) is 1.69. The highest BCUT2D eigenvalue weighted by atomic mass is 79.9. The van der Waals surface area contributed by atoms with Gasteiger partial charge in [0.15, 0.2) is 0 Å². The van der Waals surface area contributed by atoms with Gasteiger partial charge in [-0.1, -0.05) is 41.4 Å². The van der Waals surface area contributed by atoms with E-state index in [1.165, 1.54) is 43.6 Å². The molecule has 1 aliphatic rings. The summed E-state index contributed by atoms with van der Waals surface area (Å²) in [4.78, 5) is 2.54. The SMILES string of the molecule is CC(C)C1CCCN(c2ccc(Cl)cc2CBr)CC1. The third-order valence-corrected chi connectivity index (χ3v) is 5.08. The molecule has 1 fully saturated rings. The highest BCUT2D eigenvalue weighted by Crippen LogP contribution is 2.31. The van der Waals surface area contributed by atoms with Crippen LogP contribution in [0.15, 0.2) is 18.2 Å². The Labute approximate surface area is 130 Å². The molecule has 0 N–H and O–H groups in total. The van der Waals surface area contributed by atoms with Gasteiger partial charge < -0.3 is 4.90 Å². The van der Waals surface area contributed by atoms with Gasteiger partial charge in [-0.2, -0.15) is 0 Å². The normalized spacial score (nSPS) is 20.7. The van der Waals surface area contributed by atoms with E-state index in [1.54, 1.807) is 0 Å². The molecule has 1 saturated heterocycles. The Balaban J connectivity index is 2.14. The predicted octanol–water partition coefficient (Wildman–Crippen LogP) is 5.50. The number of anilines is 1. The smallest absolute Gasteiger partial charge is 0.0410 e. The Morgan fingerprint density at radius 2 is 2.11 bits per heavy atom. The average molecular weight is 345 g/mol. The van der Waals surface area contributed by atoms with Crippen molar-refractivity contribution < 1.29 is 0 Å². The van der Waals surface area contributed by atoms with Gasteiger partial charge in [0.25, 0.3) is 0 Å². The quantitative estimate of drug-likeness (QED) is 0.655. The van der Waals surface area contributed by atoms with Gasteiger partial charge in [0.1, 0.15) is 0 Å². The van der Waals surface area contributed by atoms with Crippen molar-refractivity contribution in [3.63, 3.8) is 0 Å². The number of nitrogens with zero attached hydrogens (tertiary/aromatic N) is 1. The van der Waals surface area contributed by atoms with Crippen LogP contribution in [-0.2, 0) is 5.33 Å². The molecule has 1 aromatic rings. The summed E-state index contributed by atoms with van der Waals surface area (Å²) >= 11 is 9.67. The van der Waals surface area contributed by atoms with E-state index >= 15 is 0 Å². The summed E-state index contributed by atoms with van der Waals surface area (Å²) in [6, 6.07) is 6.26. The Morgan fingerprint density at radius 1 is 1.32 bits per heavy atom. The molecular formula is C16H23BrClN. The van der Waals surface area contributed by atoms with Gasteiger partial charge in [0, 0.05) is 29.1 Å². The van der Waals surface area contributed by atoms with E-state index in [0.29, 0.717) is 0 Å². The van der Waals surface area contributed by atoms with Crippen molar-refractivity contribution in [2.75, 3.05) is 18.0 Å². The lowest BCUT2D eigenvalue weighted by Gasteiger charge is -2.26. The summed E-state index contributed by atoms with van der Waals surface area (Å²) < 4.78 is 0. The van der Waals surface area contributed by atoms with Crippen molar-refractivity contribution >= 4 is 33.2 Å². The number of alkyl halides is 1. The Morgan fingerprint density at radius 3 is 2.79 bits per heavy atom.